The fraction of sp³-hybridized carbons (Fsp3) is 0.129. The van der Waals surface area contributed by atoms with Crippen LogP contribution >= 0.6 is 0 Å². The highest BCUT2D eigenvalue weighted by atomic mass is 32.2. The molecular weight excluding hydrogens is 544 g/mol. The van der Waals surface area contributed by atoms with Crippen molar-refractivity contribution in [1.29, 1.82) is 0 Å². The molecule has 0 aliphatic rings. The van der Waals surface area contributed by atoms with E-state index in [0.29, 0.717) is 33.2 Å². The van der Waals surface area contributed by atoms with Crippen molar-refractivity contribution in [1.82, 2.24) is 4.98 Å². The van der Waals surface area contributed by atoms with Crippen LogP contribution in [0.25, 0.3) is 22.3 Å². The second-order valence-corrected chi connectivity index (χ2v) is 10.6. The molecule has 41 heavy (non-hydrogen) atoms. The number of furan rings is 1. The van der Waals surface area contributed by atoms with E-state index in [1.165, 1.54) is 67.0 Å². The zero-order chi connectivity index (χ0) is 29.0. The molecule has 2 heterocycles. The minimum absolute atomic E-state index is 0.0131. The van der Waals surface area contributed by atoms with E-state index in [9.17, 15) is 18.0 Å². The monoisotopic (exact) mass is 570 g/mol. The Balaban J connectivity index is 1.71. The van der Waals surface area contributed by atoms with Gasteiger partial charge < -0.3 is 13.9 Å². The molecule has 2 aromatic heterocycles. The number of esters is 1. The summed E-state index contributed by atoms with van der Waals surface area (Å²) in [6, 6.07) is 22.1. The van der Waals surface area contributed by atoms with Gasteiger partial charge in [0.25, 0.3) is 15.9 Å². The number of fused-ring (bicyclic) bond motifs is 1. The van der Waals surface area contributed by atoms with Crippen LogP contribution in [0.1, 0.15) is 34.6 Å². The Morgan fingerprint density at radius 3 is 2.24 bits per heavy atom. The maximum Gasteiger partial charge on any atom is 0.342 e. The Bertz CT molecular complexity index is 1800. The number of rotatable bonds is 9. The SMILES string of the molecule is CCOC(=O)c1c(-c2ccccc2)oc2ccc(N(C(=O)c3ccncc3)S(=O)(=O)c3ccc(OCC)cc3)cc12. The summed E-state index contributed by atoms with van der Waals surface area (Å²) in [5.41, 5.74) is 1.21. The second-order valence-electron chi connectivity index (χ2n) is 8.79. The van der Waals surface area contributed by atoms with E-state index in [1.807, 2.05) is 13.0 Å². The predicted molar refractivity (Wildman–Crippen MR) is 153 cm³/mol. The van der Waals surface area contributed by atoms with Gasteiger partial charge in [0.05, 0.1) is 23.8 Å². The van der Waals surface area contributed by atoms with Crippen molar-refractivity contribution in [3.8, 4) is 17.1 Å². The van der Waals surface area contributed by atoms with E-state index in [-0.39, 0.29) is 34.1 Å². The van der Waals surface area contributed by atoms with Gasteiger partial charge in [-0.15, -0.1) is 0 Å². The lowest BCUT2D eigenvalue weighted by atomic mass is 10.1. The first kappa shape index (κ1) is 27.6. The zero-order valence-corrected chi connectivity index (χ0v) is 23.1. The predicted octanol–water partition coefficient (Wildman–Crippen LogP) is 6.11. The molecule has 9 nitrogen and oxygen atoms in total. The number of aromatic nitrogens is 1. The standard InChI is InChI=1S/C31H26N2O7S/c1-3-38-24-11-13-25(14-12-24)41(36,37)33(30(34)22-16-18-32-19-17-22)23-10-15-27-26(20-23)28(31(35)39-4-2)29(40-27)21-8-6-5-7-9-21/h5-20H,3-4H2,1-2H3. The second kappa shape index (κ2) is 11.6. The van der Waals surface area contributed by atoms with Gasteiger partial charge in [-0.05, 0) is 68.4 Å². The average Bonchev–Trinajstić information content (AvgIpc) is 3.38. The molecule has 0 radical (unpaired) electrons. The summed E-state index contributed by atoms with van der Waals surface area (Å²) in [6.45, 7) is 4.04. The van der Waals surface area contributed by atoms with Gasteiger partial charge in [0.1, 0.15) is 22.7 Å². The molecule has 3 aromatic carbocycles. The van der Waals surface area contributed by atoms with Crippen LogP contribution in [0.2, 0.25) is 0 Å². The molecule has 0 saturated heterocycles. The van der Waals surface area contributed by atoms with Crippen LogP contribution in [0, 0.1) is 0 Å². The molecule has 208 valence electrons. The van der Waals surface area contributed by atoms with Gasteiger partial charge >= 0.3 is 5.97 Å². The minimum Gasteiger partial charge on any atom is -0.494 e. The molecular formula is C31H26N2O7S. The van der Waals surface area contributed by atoms with Gasteiger partial charge in [-0.3, -0.25) is 9.78 Å². The summed E-state index contributed by atoms with van der Waals surface area (Å²) >= 11 is 0. The molecule has 0 fully saturated rings. The van der Waals surface area contributed by atoms with Gasteiger partial charge in [0, 0.05) is 28.9 Å². The van der Waals surface area contributed by atoms with Crippen molar-refractivity contribution in [2.45, 2.75) is 18.7 Å². The summed E-state index contributed by atoms with van der Waals surface area (Å²) < 4.78 is 45.6. The maximum absolute atomic E-state index is 14.0. The number of carbonyl (C=O) groups excluding carboxylic acids is 2. The molecule has 0 bridgehead atoms. The van der Waals surface area contributed by atoms with Crippen LogP contribution in [0.5, 0.6) is 5.75 Å². The lowest BCUT2D eigenvalue weighted by molar-refractivity contribution is 0.0528. The van der Waals surface area contributed by atoms with Crippen LogP contribution in [0.4, 0.5) is 5.69 Å². The first-order valence-electron chi connectivity index (χ1n) is 12.9. The first-order valence-corrected chi connectivity index (χ1v) is 14.3. The van der Waals surface area contributed by atoms with Crippen molar-refractivity contribution in [2.24, 2.45) is 0 Å². The summed E-state index contributed by atoms with van der Waals surface area (Å²) in [4.78, 5) is 30.8. The lowest BCUT2D eigenvalue weighted by Crippen LogP contribution is -2.37. The highest BCUT2D eigenvalue weighted by Gasteiger charge is 2.33. The third kappa shape index (κ3) is 5.42. The van der Waals surface area contributed by atoms with E-state index in [2.05, 4.69) is 4.98 Å². The molecule has 5 aromatic rings. The van der Waals surface area contributed by atoms with Crippen LogP contribution in [0.15, 0.2) is 107 Å². The van der Waals surface area contributed by atoms with Gasteiger partial charge in [-0.1, -0.05) is 30.3 Å². The van der Waals surface area contributed by atoms with Crippen molar-refractivity contribution in [3.63, 3.8) is 0 Å². The van der Waals surface area contributed by atoms with Gasteiger partial charge in [-0.2, -0.15) is 4.31 Å². The lowest BCUT2D eigenvalue weighted by Gasteiger charge is -2.23. The normalized spacial score (nSPS) is 11.3. The van der Waals surface area contributed by atoms with Gasteiger partial charge in [-0.25, -0.2) is 13.2 Å². The molecule has 1 amide bonds. The fourth-order valence-electron chi connectivity index (χ4n) is 4.37. The Morgan fingerprint density at radius 1 is 0.878 bits per heavy atom. The van der Waals surface area contributed by atoms with Crippen molar-refractivity contribution in [3.05, 3.63) is 108 Å². The number of pyridine rings is 1. The molecule has 0 N–H and O–H groups in total. The molecule has 0 unspecified atom stereocenters. The van der Waals surface area contributed by atoms with Crippen LogP contribution in [0.3, 0.4) is 0 Å². The van der Waals surface area contributed by atoms with Crippen LogP contribution in [-0.2, 0) is 14.8 Å². The minimum atomic E-state index is -4.43. The number of carbonyl (C=O) groups is 2. The summed E-state index contributed by atoms with van der Waals surface area (Å²) in [6.07, 6.45) is 2.80. The highest BCUT2D eigenvalue weighted by Crippen LogP contribution is 2.37. The van der Waals surface area contributed by atoms with E-state index < -0.39 is 21.9 Å². The number of hydrogen-bond acceptors (Lipinski definition) is 8. The maximum atomic E-state index is 14.0. The van der Waals surface area contributed by atoms with E-state index >= 15 is 0 Å². The zero-order valence-electron chi connectivity index (χ0n) is 22.3. The first-order chi connectivity index (χ1) is 19.8. The Morgan fingerprint density at radius 2 is 1.59 bits per heavy atom. The molecule has 0 aliphatic carbocycles. The fourth-order valence-corrected chi connectivity index (χ4v) is 5.77. The number of anilines is 1. The number of sulfonamides is 1. The Hall–Kier alpha value is -4.96. The number of nitrogens with zero attached hydrogens (tertiary/aromatic N) is 2. The highest BCUT2D eigenvalue weighted by molar-refractivity contribution is 7.93. The van der Waals surface area contributed by atoms with Crippen LogP contribution in [-0.4, -0.2) is 38.5 Å². The quantitative estimate of drug-likeness (QED) is 0.195. The van der Waals surface area contributed by atoms with Crippen LogP contribution < -0.4 is 9.04 Å². The van der Waals surface area contributed by atoms with Crippen molar-refractivity contribution < 1.29 is 31.9 Å². The molecule has 0 aliphatic heterocycles. The summed E-state index contributed by atoms with van der Waals surface area (Å²) in [5.74, 6) is -0.669. The van der Waals surface area contributed by atoms with E-state index in [0.717, 1.165) is 0 Å². The smallest absolute Gasteiger partial charge is 0.342 e. The van der Waals surface area contributed by atoms with Gasteiger partial charge in [0.2, 0.25) is 0 Å². The number of amides is 1. The molecule has 0 spiro atoms. The number of ether oxygens (including phenoxy) is 2. The summed E-state index contributed by atoms with van der Waals surface area (Å²) in [5, 5.41) is 0.300. The van der Waals surface area contributed by atoms with Crippen molar-refractivity contribution in [2.75, 3.05) is 17.5 Å². The molecule has 0 atom stereocenters. The largest absolute Gasteiger partial charge is 0.494 e. The van der Waals surface area contributed by atoms with E-state index in [1.54, 1.807) is 31.2 Å². The third-order valence-electron chi connectivity index (χ3n) is 6.21. The molecule has 5 rings (SSSR count). The number of hydrogen-bond donors (Lipinski definition) is 0. The van der Waals surface area contributed by atoms with Crippen molar-refractivity contribution >= 4 is 38.6 Å². The average molecular weight is 571 g/mol. The molecule has 10 heteroatoms. The number of benzene rings is 3. The van der Waals surface area contributed by atoms with E-state index in [4.69, 9.17) is 13.9 Å². The third-order valence-corrected chi connectivity index (χ3v) is 7.93. The topological polar surface area (TPSA) is 116 Å². The van der Waals surface area contributed by atoms with Gasteiger partial charge in [0.15, 0.2) is 0 Å². The summed E-state index contributed by atoms with van der Waals surface area (Å²) in [7, 11) is -4.43. The molecule has 0 saturated carbocycles. The Labute approximate surface area is 237 Å². The Kier molecular flexibility index (Phi) is 7.84.